The average Bonchev–Trinajstić information content (AvgIpc) is 3.23. The van der Waals surface area contributed by atoms with Crippen LogP contribution in [0.2, 0.25) is 10.0 Å². The molecule has 1 atom stereocenters. The zero-order valence-electron chi connectivity index (χ0n) is 18.7. The summed E-state index contributed by atoms with van der Waals surface area (Å²) < 4.78 is 1.90. The molecule has 0 bridgehead atoms. The Kier molecular flexibility index (Phi) is 5.45. The highest BCUT2D eigenvalue weighted by molar-refractivity contribution is 6.34. The van der Waals surface area contributed by atoms with Crippen LogP contribution < -0.4 is 10.2 Å². The fourth-order valence-electron chi connectivity index (χ4n) is 4.27. The maximum atomic E-state index is 12.8. The van der Waals surface area contributed by atoms with Gasteiger partial charge in [0.05, 0.1) is 23.6 Å². The normalized spacial score (nSPS) is 19.5. The minimum absolute atomic E-state index is 0.0431. The van der Waals surface area contributed by atoms with Gasteiger partial charge in [0.15, 0.2) is 0 Å². The second kappa shape index (κ2) is 8.18. The van der Waals surface area contributed by atoms with Gasteiger partial charge in [-0.3, -0.25) is 4.90 Å². The molecule has 0 spiro atoms. The van der Waals surface area contributed by atoms with Crippen molar-refractivity contribution in [2.75, 3.05) is 23.8 Å². The molecule has 1 aromatic carbocycles. The second-order valence-electron chi connectivity index (χ2n) is 9.08. The Hall–Kier alpha value is -2.84. The number of urea groups is 1. The van der Waals surface area contributed by atoms with E-state index >= 15 is 0 Å². The third-order valence-electron chi connectivity index (χ3n) is 6.30. The molecule has 2 amide bonds. The lowest BCUT2D eigenvalue weighted by molar-refractivity contribution is 0.229. The number of nitrogens with zero attached hydrogens (tertiary/aromatic N) is 6. The molecule has 5 rings (SSSR count). The lowest BCUT2D eigenvalue weighted by atomic mass is 10.0. The van der Waals surface area contributed by atoms with Crippen molar-refractivity contribution >= 4 is 41.0 Å². The summed E-state index contributed by atoms with van der Waals surface area (Å²) in [7, 11) is 1.82. The van der Waals surface area contributed by atoms with E-state index in [0.29, 0.717) is 34.3 Å². The van der Waals surface area contributed by atoms with Crippen LogP contribution in [0, 0.1) is 5.92 Å². The van der Waals surface area contributed by atoms with Crippen molar-refractivity contribution in [1.82, 2.24) is 24.4 Å². The van der Waals surface area contributed by atoms with Crippen molar-refractivity contribution < 1.29 is 4.79 Å². The predicted octanol–water partition coefficient (Wildman–Crippen LogP) is 4.97. The number of nitrogens with one attached hydrogen (secondary N) is 1. The van der Waals surface area contributed by atoms with Crippen LogP contribution in [0.25, 0.3) is 5.69 Å². The van der Waals surface area contributed by atoms with E-state index in [0.717, 1.165) is 24.2 Å². The number of benzene rings is 1. The average molecular weight is 486 g/mol. The molecule has 3 heterocycles. The molecule has 0 radical (unpaired) electrons. The smallest absolute Gasteiger partial charge is 0.325 e. The summed E-state index contributed by atoms with van der Waals surface area (Å²) in [5.74, 6) is 1.40. The molecule has 2 fully saturated rings. The highest BCUT2D eigenvalue weighted by atomic mass is 35.5. The van der Waals surface area contributed by atoms with Crippen molar-refractivity contribution in [2.24, 2.45) is 5.92 Å². The molecule has 2 aromatic heterocycles. The summed E-state index contributed by atoms with van der Waals surface area (Å²) in [6, 6.07) is 7.19. The monoisotopic (exact) mass is 485 g/mol. The van der Waals surface area contributed by atoms with Crippen LogP contribution in [0.4, 0.5) is 16.6 Å². The Morgan fingerprint density at radius 2 is 1.88 bits per heavy atom. The fraction of sp³-hybridized carbons (Fsp3) is 0.391. The molecule has 8 nitrogen and oxygen atoms in total. The van der Waals surface area contributed by atoms with E-state index in [1.807, 2.05) is 29.9 Å². The highest BCUT2D eigenvalue weighted by Crippen LogP contribution is 2.47. The van der Waals surface area contributed by atoms with Crippen LogP contribution in [0.1, 0.15) is 32.4 Å². The summed E-state index contributed by atoms with van der Waals surface area (Å²) in [5, 5.41) is 4.60. The molecule has 1 aliphatic heterocycles. The van der Waals surface area contributed by atoms with Gasteiger partial charge in [-0.15, -0.1) is 0 Å². The third kappa shape index (κ3) is 4.13. The quantitative estimate of drug-likeness (QED) is 0.533. The van der Waals surface area contributed by atoms with Gasteiger partial charge in [0, 0.05) is 41.7 Å². The van der Waals surface area contributed by atoms with Crippen molar-refractivity contribution in [3.8, 4) is 5.69 Å². The van der Waals surface area contributed by atoms with Crippen LogP contribution in [0.3, 0.4) is 0 Å². The number of carbonyl (C=O) groups excluding carboxylic acids is 1. The van der Waals surface area contributed by atoms with Crippen molar-refractivity contribution in [2.45, 2.75) is 38.3 Å². The minimum atomic E-state index is -0.338. The van der Waals surface area contributed by atoms with E-state index in [9.17, 15) is 4.79 Å². The molecule has 1 saturated carbocycles. The number of amides is 2. The van der Waals surface area contributed by atoms with E-state index in [1.54, 1.807) is 34.5 Å². The van der Waals surface area contributed by atoms with E-state index in [2.05, 4.69) is 29.1 Å². The Labute approximate surface area is 202 Å². The van der Waals surface area contributed by atoms with Gasteiger partial charge >= 0.3 is 6.03 Å². The number of anilines is 2. The van der Waals surface area contributed by atoms with Crippen LogP contribution in [-0.4, -0.2) is 50.1 Å². The maximum absolute atomic E-state index is 12.8. The molecular formula is C23H25Cl2N7O. The SMILES string of the molecule is CC(C)C1CN(C)C(=O)N1c1ccnc(NC2(c3cn(-c4cc(Cl)cc(Cl)c4)cn3)CC2)n1. The largest absolute Gasteiger partial charge is 0.343 e. The topological polar surface area (TPSA) is 79.2 Å². The molecule has 1 aliphatic carbocycles. The summed E-state index contributed by atoms with van der Waals surface area (Å²) in [6.07, 6.45) is 7.24. The Bertz CT molecular complexity index is 1190. The number of halogens is 2. The van der Waals surface area contributed by atoms with Crippen LogP contribution in [0.15, 0.2) is 43.0 Å². The number of likely N-dealkylation sites (N-methyl/N-ethyl adjacent to an activating group) is 1. The second-order valence-corrected chi connectivity index (χ2v) is 9.96. The Balaban J connectivity index is 1.39. The first kappa shape index (κ1) is 22.0. The van der Waals surface area contributed by atoms with Gasteiger partial charge in [-0.05, 0) is 43.0 Å². The lowest BCUT2D eigenvalue weighted by Gasteiger charge is -2.25. The van der Waals surface area contributed by atoms with E-state index in [4.69, 9.17) is 28.2 Å². The molecule has 1 N–H and O–H groups in total. The van der Waals surface area contributed by atoms with Crippen LogP contribution in [0.5, 0.6) is 0 Å². The van der Waals surface area contributed by atoms with Crippen molar-refractivity contribution in [3.63, 3.8) is 0 Å². The lowest BCUT2D eigenvalue weighted by Crippen LogP contribution is -2.38. The number of hydrogen-bond acceptors (Lipinski definition) is 5. The molecule has 33 heavy (non-hydrogen) atoms. The van der Waals surface area contributed by atoms with Crippen LogP contribution in [-0.2, 0) is 5.54 Å². The zero-order valence-corrected chi connectivity index (χ0v) is 20.2. The van der Waals surface area contributed by atoms with Gasteiger partial charge in [-0.25, -0.2) is 14.8 Å². The minimum Gasteiger partial charge on any atom is -0.343 e. The number of aromatic nitrogens is 4. The summed E-state index contributed by atoms with van der Waals surface area (Å²) in [4.78, 5) is 30.0. The number of imidazole rings is 1. The fourth-order valence-corrected chi connectivity index (χ4v) is 4.78. The van der Waals surface area contributed by atoms with Crippen molar-refractivity contribution in [3.05, 3.63) is 58.7 Å². The maximum Gasteiger partial charge on any atom is 0.325 e. The van der Waals surface area contributed by atoms with Crippen LogP contribution >= 0.6 is 23.2 Å². The summed E-state index contributed by atoms with van der Waals surface area (Å²) in [5.41, 5.74) is 1.40. The molecule has 1 saturated heterocycles. The number of rotatable bonds is 6. The Morgan fingerprint density at radius 1 is 1.15 bits per heavy atom. The van der Waals surface area contributed by atoms with E-state index < -0.39 is 0 Å². The van der Waals surface area contributed by atoms with Gasteiger partial charge in [-0.2, -0.15) is 4.98 Å². The standard InChI is InChI=1S/C23H25Cl2N7O/c1-14(2)18-11-30(3)22(33)32(18)20-4-7-26-21(28-20)29-23(5-6-23)19-12-31(13-27-19)17-9-15(24)8-16(25)10-17/h4,7-10,12-14,18H,5-6,11H2,1-3H3,(H,26,28,29). The first-order valence-corrected chi connectivity index (χ1v) is 11.7. The molecule has 1 unspecified atom stereocenters. The summed E-state index contributed by atoms with van der Waals surface area (Å²) >= 11 is 12.3. The predicted molar refractivity (Wildman–Crippen MR) is 129 cm³/mol. The Morgan fingerprint density at radius 3 is 2.55 bits per heavy atom. The van der Waals surface area contributed by atoms with Crippen molar-refractivity contribution in [1.29, 1.82) is 0 Å². The molecule has 2 aliphatic rings. The third-order valence-corrected chi connectivity index (χ3v) is 6.74. The first-order chi connectivity index (χ1) is 15.8. The molecular weight excluding hydrogens is 461 g/mol. The van der Waals surface area contributed by atoms with Gasteiger partial charge in [0.1, 0.15) is 5.82 Å². The number of hydrogen-bond donors (Lipinski definition) is 1. The van der Waals surface area contributed by atoms with E-state index in [-0.39, 0.29) is 17.6 Å². The summed E-state index contributed by atoms with van der Waals surface area (Å²) in [6.45, 7) is 4.91. The first-order valence-electron chi connectivity index (χ1n) is 10.9. The van der Waals surface area contributed by atoms with Gasteiger partial charge in [-0.1, -0.05) is 37.0 Å². The molecule has 10 heteroatoms. The van der Waals surface area contributed by atoms with Gasteiger partial charge in [0.2, 0.25) is 5.95 Å². The van der Waals surface area contributed by atoms with Gasteiger partial charge < -0.3 is 14.8 Å². The highest BCUT2D eigenvalue weighted by Gasteiger charge is 2.47. The zero-order chi connectivity index (χ0) is 23.3. The molecule has 3 aromatic rings. The molecule has 172 valence electrons. The van der Waals surface area contributed by atoms with Gasteiger partial charge in [0.25, 0.3) is 0 Å². The number of carbonyl (C=O) groups is 1. The van der Waals surface area contributed by atoms with E-state index in [1.165, 1.54) is 0 Å².